The molecule has 1 atom stereocenters. The maximum Gasteiger partial charge on any atom is 0.416 e. The second-order valence-electron chi connectivity index (χ2n) is 6.79. The molecule has 2 rings (SSSR count). The van der Waals surface area contributed by atoms with Gasteiger partial charge in [0.15, 0.2) is 5.96 Å². The van der Waals surface area contributed by atoms with E-state index in [-0.39, 0.29) is 18.2 Å². The molecule has 0 amide bonds. The summed E-state index contributed by atoms with van der Waals surface area (Å²) < 4.78 is 52.4. The average molecular weight is 389 g/mol. The molecule has 0 saturated carbocycles. The first kappa shape index (κ1) is 21.4. The third-order valence-corrected chi connectivity index (χ3v) is 4.77. The molecule has 0 aliphatic carbocycles. The highest BCUT2D eigenvalue weighted by atomic mass is 19.4. The number of benzene rings is 1. The Morgan fingerprint density at radius 2 is 1.85 bits per heavy atom. The van der Waals surface area contributed by atoms with Gasteiger partial charge in [-0.25, -0.2) is 4.39 Å². The molecule has 1 aliphatic rings. The summed E-state index contributed by atoms with van der Waals surface area (Å²) in [7, 11) is 3.65. The Labute approximate surface area is 157 Å². The topological polar surface area (TPSA) is 42.9 Å². The predicted octanol–water partition coefficient (Wildman–Crippen LogP) is 2.15. The molecular weight excluding hydrogens is 362 g/mol. The summed E-state index contributed by atoms with van der Waals surface area (Å²) in [6.07, 6.45) is -4.61. The summed E-state index contributed by atoms with van der Waals surface area (Å²) in [4.78, 5) is 8.69. The van der Waals surface area contributed by atoms with E-state index in [1.807, 2.05) is 0 Å². The number of alkyl halides is 3. The van der Waals surface area contributed by atoms with Crippen LogP contribution < -0.4 is 10.6 Å². The van der Waals surface area contributed by atoms with E-state index in [4.69, 9.17) is 0 Å². The normalized spacial score (nSPS) is 18.4. The molecule has 1 unspecified atom stereocenters. The zero-order valence-electron chi connectivity index (χ0n) is 15.9. The van der Waals surface area contributed by atoms with Crippen molar-refractivity contribution in [3.8, 4) is 0 Å². The standard InChI is InChI=1S/C18H27F4N5/c1-13(27-8-6-26(3)7-9-27)11-24-17(23-2)25-12-14-4-5-15(19)10-16(14)18(20,21)22/h4-5,10,13H,6-9,11-12H2,1-3H3,(H2,23,24,25). The molecule has 27 heavy (non-hydrogen) atoms. The molecule has 2 N–H and O–H groups in total. The van der Waals surface area contributed by atoms with Gasteiger partial charge in [-0.05, 0) is 31.7 Å². The number of halogens is 4. The highest BCUT2D eigenvalue weighted by molar-refractivity contribution is 5.79. The zero-order chi connectivity index (χ0) is 20.0. The first-order valence-electron chi connectivity index (χ1n) is 8.93. The summed E-state index contributed by atoms with van der Waals surface area (Å²) in [5, 5.41) is 6.02. The Morgan fingerprint density at radius 3 is 2.44 bits per heavy atom. The Hall–Kier alpha value is -1.87. The fourth-order valence-electron chi connectivity index (χ4n) is 3.00. The molecule has 1 aromatic carbocycles. The number of rotatable bonds is 5. The van der Waals surface area contributed by atoms with E-state index in [1.54, 1.807) is 7.05 Å². The zero-order valence-corrected chi connectivity index (χ0v) is 15.9. The van der Waals surface area contributed by atoms with Gasteiger partial charge in [-0.2, -0.15) is 13.2 Å². The fourth-order valence-corrected chi connectivity index (χ4v) is 3.00. The molecule has 0 aromatic heterocycles. The second-order valence-corrected chi connectivity index (χ2v) is 6.79. The maximum atomic E-state index is 13.2. The lowest BCUT2D eigenvalue weighted by Crippen LogP contribution is -2.52. The molecule has 5 nitrogen and oxygen atoms in total. The molecule has 1 aromatic rings. The van der Waals surface area contributed by atoms with Gasteiger partial charge in [0, 0.05) is 52.4 Å². The van der Waals surface area contributed by atoms with Crippen LogP contribution in [0.1, 0.15) is 18.1 Å². The van der Waals surface area contributed by atoms with Crippen LogP contribution >= 0.6 is 0 Å². The second kappa shape index (κ2) is 9.36. The van der Waals surface area contributed by atoms with Crippen molar-refractivity contribution >= 4 is 5.96 Å². The number of nitrogens with zero attached hydrogens (tertiary/aromatic N) is 3. The van der Waals surface area contributed by atoms with Crippen molar-refractivity contribution in [2.24, 2.45) is 4.99 Å². The van der Waals surface area contributed by atoms with Gasteiger partial charge in [0.1, 0.15) is 5.82 Å². The summed E-state index contributed by atoms with van der Waals surface area (Å²) in [6, 6.07) is 2.96. The average Bonchev–Trinajstić information content (AvgIpc) is 2.62. The van der Waals surface area contributed by atoms with E-state index in [9.17, 15) is 17.6 Å². The summed E-state index contributed by atoms with van der Waals surface area (Å²) in [5.74, 6) is -0.497. The van der Waals surface area contributed by atoms with Gasteiger partial charge >= 0.3 is 6.18 Å². The third-order valence-electron chi connectivity index (χ3n) is 4.77. The van der Waals surface area contributed by atoms with Crippen molar-refractivity contribution < 1.29 is 17.6 Å². The molecular formula is C18H27F4N5. The number of likely N-dealkylation sites (N-methyl/N-ethyl adjacent to an activating group) is 1. The minimum absolute atomic E-state index is 0.0287. The smallest absolute Gasteiger partial charge is 0.355 e. The van der Waals surface area contributed by atoms with Crippen LogP contribution in [0, 0.1) is 5.82 Å². The van der Waals surface area contributed by atoms with Crippen LogP contribution in [0.2, 0.25) is 0 Å². The highest BCUT2D eigenvalue weighted by Gasteiger charge is 2.33. The number of piperazine rings is 1. The van der Waals surface area contributed by atoms with E-state index >= 15 is 0 Å². The predicted molar refractivity (Wildman–Crippen MR) is 98.1 cm³/mol. The van der Waals surface area contributed by atoms with Crippen LogP contribution in [0.25, 0.3) is 0 Å². The Morgan fingerprint density at radius 1 is 1.19 bits per heavy atom. The van der Waals surface area contributed by atoms with Gasteiger partial charge in [-0.3, -0.25) is 9.89 Å². The van der Waals surface area contributed by atoms with E-state index < -0.39 is 17.6 Å². The van der Waals surface area contributed by atoms with Crippen molar-refractivity contribution in [1.82, 2.24) is 20.4 Å². The van der Waals surface area contributed by atoms with Gasteiger partial charge in [-0.15, -0.1) is 0 Å². The van der Waals surface area contributed by atoms with Gasteiger partial charge in [0.05, 0.1) is 5.56 Å². The molecule has 1 aliphatic heterocycles. The molecule has 0 bridgehead atoms. The SMILES string of the molecule is CN=C(NCc1ccc(F)cc1C(F)(F)F)NCC(C)N1CCN(C)CC1. The lowest BCUT2D eigenvalue weighted by molar-refractivity contribution is -0.138. The molecule has 1 fully saturated rings. The van der Waals surface area contributed by atoms with Crippen LogP contribution in [0.4, 0.5) is 17.6 Å². The van der Waals surface area contributed by atoms with Gasteiger partial charge in [-0.1, -0.05) is 6.07 Å². The van der Waals surface area contributed by atoms with Gasteiger partial charge < -0.3 is 15.5 Å². The monoisotopic (exact) mass is 389 g/mol. The van der Waals surface area contributed by atoms with Crippen molar-refractivity contribution in [1.29, 1.82) is 0 Å². The molecule has 1 saturated heterocycles. The first-order valence-corrected chi connectivity index (χ1v) is 8.93. The quantitative estimate of drug-likeness (QED) is 0.460. The summed E-state index contributed by atoms with van der Waals surface area (Å²) in [5.41, 5.74) is -1.00. The Balaban J connectivity index is 1.89. The lowest BCUT2D eigenvalue weighted by atomic mass is 10.1. The van der Waals surface area contributed by atoms with Gasteiger partial charge in [0.2, 0.25) is 0 Å². The molecule has 0 spiro atoms. The third kappa shape index (κ3) is 6.35. The van der Waals surface area contributed by atoms with Crippen molar-refractivity contribution in [3.63, 3.8) is 0 Å². The van der Waals surface area contributed by atoms with E-state index in [0.717, 1.165) is 38.3 Å². The van der Waals surface area contributed by atoms with Crippen LogP contribution in [-0.2, 0) is 12.7 Å². The summed E-state index contributed by atoms with van der Waals surface area (Å²) in [6.45, 7) is 6.62. The van der Waals surface area contributed by atoms with Crippen LogP contribution in [0.3, 0.4) is 0 Å². The van der Waals surface area contributed by atoms with Crippen LogP contribution in [0.5, 0.6) is 0 Å². The Kier molecular flexibility index (Phi) is 7.43. The minimum atomic E-state index is -4.61. The van der Waals surface area contributed by atoms with Crippen molar-refractivity contribution in [2.45, 2.75) is 25.7 Å². The van der Waals surface area contributed by atoms with E-state index in [2.05, 4.69) is 39.4 Å². The number of hydrogen-bond donors (Lipinski definition) is 2. The minimum Gasteiger partial charge on any atom is -0.355 e. The van der Waals surface area contributed by atoms with Crippen molar-refractivity contribution in [2.75, 3.05) is 46.8 Å². The lowest BCUT2D eigenvalue weighted by Gasteiger charge is -2.36. The highest BCUT2D eigenvalue weighted by Crippen LogP contribution is 2.32. The molecule has 0 radical (unpaired) electrons. The Bertz CT molecular complexity index is 639. The van der Waals surface area contributed by atoms with Crippen LogP contribution in [-0.4, -0.2) is 68.6 Å². The number of aliphatic imine (C=N–C) groups is 1. The largest absolute Gasteiger partial charge is 0.416 e. The van der Waals surface area contributed by atoms with E-state index in [0.29, 0.717) is 18.6 Å². The first-order chi connectivity index (χ1) is 12.7. The number of guanidine groups is 1. The number of nitrogens with one attached hydrogen (secondary N) is 2. The maximum absolute atomic E-state index is 13.2. The molecule has 9 heteroatoms. The van der Waals surface area contributed by atoms with E-state index in [1.165, 1.54) is 0 Å². The summed E-state index contributed by atoms with van der Waals surface area (Å²) >= 11 is 0. The fraction of sp³-hybridized carbons (Fsp3) is 0.611. The number of hydrogen-bond acceptors (Lipinski definition) is 3. The van der Waals surface area contributed by atoms with Gasteiger partial charge in [0.25, 0.3) is 0 Å². The molecule has 152 valence electrons. The van der Waals surface area contributed by atoms with Crippen molar-refractivity contribution in [3.05, 3.63) is 35.1 Å². The van der Waals surface area contributed by atoms with Crippen LogP contribution in [0.15, 0.2) is 23.2 Å². The molecule has 1 heterocycles.